The molecular weight excluding hydrogens is 320 g/mol. The Balaban J connectivity index is 2.42. The van der Waals surface area contributed by atoms with Gasteiger partial charge in [-0.2, -0.15) is 0 Å². The highest BCUT2D eigenvalue weighted by molar-refractivity contribution is 7.90. The fourth-order valence-corrected chi connectivity index (χ4v) is 3.11. The molecule has 1 amide bonds. The van der Waals surface area contributed by atoms with E-state index in [4.69, 9.17) is 18.0 Å². The molecule has 7 heteroatoms. The molecule has 2 aromatic carbocycles. The van der Waals surface area contributed by atoms with Crippen LogP contribution in [-0.2, 0) is 9.84 Å². The first-order chi connectivity index (χ1) is 10.3. The number of hydrogen-bond acceptors (Lipinski definition) is 4. The van der Waals surface area contributed by atoms with E-state index in [1.165, 1.54) is 6.07 Å². The van der Waals surface area contributed by atoms with E-state index in [0.29, 0.717) is 11.3 Å². The van der Waals surface area contributed by atoms with Crippen molar-refractivity contribution in [3.63, 3.8) is 0 Å². The van der Waals surface area contributed by atoms with Crippen LogP contribution < -0.4 is 11.1 Å². The number of amides is 1. The molecule has 114 valence electrons. The predicted octanol–water partition coefficient (Wildman–Crippen LogP) is 1.98. The molecule has 0 aliphatic heterocycles. The van der Waals surface area contributed by atoms with E-state index < -0.39 is 15.7 Å². The summed E-state index contributed by atoms with van der Waals surface area (Å²) in [7, 11) is -3.40. The summed E-state index contributed by atoms with van der Waals surface area (Å²) >= 11 is 5.28. The molecule has 0 saturated carbocycles. The lowest BCUT2D eigenvalue weighted by Crippen LogP contribution is -2.20. The molecule has 0 aliphatic carbocycles. The van der Waals surface area contributed by atoms with Crippen LogP contribution in [0.1, 0.15) is 15.9 Å². The highest BCUT2D eigenvalue weighted by Crippen LogP contribution is 2.22. The lowest BCUT2D eigenvalue weighted by Gasteiger charge is -2.13. The van der Waals surface area contributed by atoms with E-state index in [-0.39, 0.29) is 15.4 Å². The smallest absolute Gasteiger partial charge is 0.249 e. The molecule has 2 aromatic rings. The molecule has 2 rings (SSSR count). The Hall–Kier alpha value is -2.25. The van der Waals surface area contributed by atoms with Crippen molar-refractivity contribution >= 4 is 38.6 Å². The first-order valence-corrected chi connectivity index (χ1v) is 8.60. The number of anilines is 1. The van der Waals surface area contributed by atoms with Crippen LogP contribution in [0.5, 0.6) is 0 Å². The Kier molecular flexibility index (Phi) is 4.58. The van der Waals surface area contributed by atoms with E-state index >= 15 is 0 Å². The summed E-state index contributed by atoms with van der Waals surface area (Å²) in [6.45, 7) is 0. The fraction of sp³-hybridized carbons (Fsp3) is 0.0667. The Bertz CT molecular complexity index is 845. The SMILES string of the molecule is CS(=O)(=O)c1ccccc1NC(=S)c1ccccc1C(N)=O. The van der Waals surface area contributed by atoms with Crippen LogP contribution in [0.2, 0.25) is 0 Å². The topological polar surface area (TPSA) is 89.3 Å². The van der Waals surface area contributed by atoms with Crippen LogP contribution in [0.3, 0.4) is 0 Å². The Morgan fingerprint density at radius 3 is 2.18 bits per heavy atom. The second-order valence-electron chi connectivity index (χ2n) is 4.63. The third kappa shape index (κ3) is 3.49. The quantitative estimate of drug-likeness (QED) is 0.835. The minimum absolute atomic E-state index is 0.133. The fourth-order valence-electron chi connectivity index (χ4n) is 1.98. The van der Waals surface area contributed by atoms with Gasteiger partial charge in [-0.15, -0.1) is 0 Å². The first-order valence-electron chi connectivity index (χ1n) is 6.30. The zero-order valence-electron chi connectivity index (χ0n) is 11.7. The molecule has 0 saturated heterocycles. The number of benzene rings is 2. The van der Waals surface area contributed by atoms with E-state index in [1.54, 1.807) is 42.5 Å². The van der Waals surface area contributed by atoms with Crippen LogP contribution in [0.4, 0.5) is 5.69 Å². The minimum atomic E-state index is -3.40. The van der Waals surface area contributed by atoms with E-state index in [0.717, 1.165) is 6.26 Å². The Morgan fingerprint density at radius 2 is 1.59 bits per heavy atom. The number of primary amides is 1. The van der Waals surface area contributed by atoms with Gasteiger partial charge in [0.15, 0.2) is 9.84 Å². The maximum atomic E-state index is 11.8. The molecule has 22 heavy (non-hydrogen) atoms. The molecular formula is C15H14N2O3S2. The van der Waals surface area contributed by atoms with Gasteiger partial charge < -0.3 is 11.1 Å². The van der Waals surface area contributed by atoms with Crippen LogP contribution >= 0.6 is 12.2 Å². The first kappa shape index (κ1) is 16.1. The lowest BCUT2D eigenvalue weighted by atomic mass is 10.1. The van der Waals surface area contributed by atoms with Crippen molar-refractivity contribution in [1.29, 1.82) is 0 Å². The number of nitrogens with one attached hydrogen (secondary N) is 1. The number of carbonyl (C=O) groups is 1. The number of thiocarbonyl (C=S) groups is 1. The van der Waals surface area contributed by atoms with Gasteiger partial charge in [0.1, 0.15) is 4.99 Å². The van der Waals surface area contributed by atoms with Gasteiger partial charge in [-0.25, -0.2) is 8.42 Å². The van der Waals surface area contributed by atoms with Crippen LogP contribution in [0.15, 0.2) is 53.4 Å². The Labute approximate surface area is 134 Å². The number of carbonyl (C=O) groups excluding carboxylic acids is 1. The minimum Gasteiger partial charge on any atom is -0.366 e. The maximum Gasteiger partial charge on any atom is 0.249 e. The average molecular weight is 334 g/mol. The van der Waals surface area contributed by atoms with Gasteiger partial charge in [0.25, 0.3) is 0 Å². The summed E-state index contributed by atoms with van der Waals surface area (Å²) in [5, 5.41) is 2.87. The van der Waals surface area contributed by atoms with E-state index in [2.05, 4.69) is 5.32 Å². The van der Waals surface area contributed by atoms with Crippen molar-refractivity contribution in [3.05, 3.63) is 59.7 Å². The molecule has 0 spiro atoms. The third-order valence-electron chi connectivity index (χ3n) is 2.97. The molecule has 0 radical (unpaired) electrons. The average Bonchev–Trinajstić information content (AvgIpc) is 2.46. The summed E-state index contributed by atoms with van der Waals surface area (Å²) in [6, 6.07) is 13.0. The number of para-hydroxylation sites is 1. The van der Waals surface area contributed by atoms with Gasteiger partial charge in [-0.3, -0.25) is 4.79 Å². The van der Waals surface area contributed by atoms with Crippen LogP contribution in [0.25, 0.3) is 0 Å². The van der Waals surface area contributed by atoms with Crippen molar-refractivity contribution in [2.45, 2.75) is 4.90 Å². The molecule has 0 aliphatic rings. The molecule has 5 nitrogen and oxygen atoms in total. The summed E-state index contributed by atoms with van der Waals surface area (Å²) in [6.07, 6.45) is 1.12. The molecule has 0 unspecified atom stereocenters. The van der Waals surface area contributed by atoms with Gasteiger partial charge in [-0.05, 0) is 18.2 Å². The van der Waals surface area contributed by atoms with Crippen molar-refractivity contribution < 1.29 is 13.2 Å². The third-order valence-corrected chi connectivity index (χ3v) is 4.45. The number of nitrogens with two attached hydrogens (primary N) is 1. The van der Waals surface area contributed by atoms with Gasteiger partial charge in [0.05, 0.1) is 10.6 Å². The largest absolute Gasteiger partial charge is 0.366 e. The predicted molar refractivity (Wildman–Crippen MR) is 89.8 cm³/mol. The van der Waals surface area contributed by atoms with Gasteiger partial charge >= 0.3 is 0 Å². The zero-order chi connectivity index (χ0) is 16.3. The highest BCUT2D eigenvalue weighted by atomic mass is 32.2. The number of hydrogen-bond donors (Lipinski definition) is 2. The van der Waals surface area contributed by atoms with Crippen molar-refractivity contribution in [3.8, 4) is 0 Å². The van der Waals surface area contributed by atoms with Crippen molar-refractivity contribution in [2.75, 3.05) is 11.6 Å². The van der Waals surface area contributed by atoms with Gasteiger partial charge in [0.2, 0.25) is 5.91 Å². The van der Waals surface area contributed by atoms with E-state index in [9.17, 15) is 13.2 Å². The van der Waals surface area contributed by atoms with Gasteiger partial charge in [-0.1, -0.05) is 42.5 Å². The zero-order valence-corrected chi connectivity index (χ0v) is 13.4. The second kappa shape index (κ2) is 6.25. The normalized spacial score (nSPS) is 11.0. The van der Waals surface area contributed by atoms with Crippen LogP contribution in [-0.4, -0.2) is 25.6 Å². The summed E-state index contributed by atoms with van der Waals surface area (Å²) < 4.78 is 23.6. The molecule has 0 heterocycles. The van der Waals surface area contributed by atoms with Crippen LogP contribution in [0, 0.1) is 0 Å². The maximum absolute atomic E-state index is 11.8. The van der Waals surface area contributed by atoms with Gasteiger partial charge in [0, 0.05) is 17.4 Å². The molecule has 0 aromatic heterocycles. The highest BCUT2D eigenvalue weighted by Gasteiger charge is 2.16. The summed E-state index contributed by atoms with van der Waals surface area (Å²) in [5.41, 5.74) is 6.41. The lowest BCUT2D eigenvalue weighted by molar-refractivity contribution is 0.1000. The Morgan fingerprint density at radius 1 is 1.05 bits per heavy atom. The number of sulfone groups is 1. The standard InChI is InChI=1S/C15H14N2O3S2/c1-22(19,20)13-9-5-4-8-12(13)17-15(21)11-7-3-2-6-10(11)14(16)18/h2-9H,1H3,(H2,16,18)(H,17,21). The van der Waals surface area contributed by atoms with Crippen molar-refractivity contribution in [2.24, 2.45) is 5.73 Å². The summed E-state index contributed by atoms with van der Waals surface area (Å²) in [5.74, 6) is -0.601. The van der Waals surface area contributed by atoms with E-state index in [1.807, 2.05) is 0 Å². The molecule has 0 atom stereocenters. The molecule has 3 N–H and O–H groups in total. The summed E-state index contributed by atoms with van der Waals surface area (Å²) in [4.78, 5) is 11.8. The molecule has 0 fully saturated rings. The second-order valence-corrected chi connectivity index (χ2v) is 7.02. The van der Waals surface area contributed by atoms with Crippen molar-refractivity contribution in [1.82, 2.24) is 0 Å². The number of rotatable bonds is 4. The monoisotopic (exact) mass is 334 g/mol. The molecule has 0 bridgehead atoms.